The number of likely N-dealkylation sites (N-methyl/N-ethyl adjacent to an activating group) is 1. The molecule has 12 heavy (non-hydrogen) atoms. The summed E-state index contributed by atoms with van der Waals surface area (Å²) < 4.78 is 0. The molecular weight excluding hydrogens is 146 g/mol. The maximum Gasteiger partial charge on any atom is 0.0157 e. The Labute approximate surface area is 76.8 Å². The van der Waals surface area contributed by atoms with Crippen LogP contribution in [0.25, 0.3) is 0 Å². The average Bonchev–Trinajstić information content (AvgIpc) is 2.03. The van der Waals surface area contributed by atoms with Crippen molar-refractivity contribution in [2.75, 3.05) is 20.6 Å². The van der Waals surface area contributed by atoms with E-state index in [1.165, 1.54) is 12.0 Å². The van der Waals surface area contributed by atoms with Crippen LogP contribution in [-0.2, 0) is 0 Å². The Morgan fingerprint density at radius 3 is 2.42 bits per heavy atom. The van der Waals surface area contributed by atoms with Crippen molar-refractivity contribution >= 4 is 0 Å². The van der Waals surface area contributed by atoms with Crippen LogP contribution in [-0.4, -0.2) is 25.5 Å². The van der Waals surface area contributed by atoms with Crippen LogP contribution < -0.4 is 0 Å². The molecule has 0 unspecified atom stereocenters. The van der Waals surface area contributed by atoms with Gasteiger partial charge in [-0.15, -0.1) is 0 Å². The molecule has 0 aromatic carbocycles. The molecule has 0 radical (unpaired) electrons. The lowest BCUT2D eigenvalue weighted by Crippen LogP contribution is -2.10. The molecule has 70 valence electrons. The summed E-state index contributed by atoms with van der Waals surface area (Å²) in [5, 5.41) is 0. The maximum absolute atomic E-state index is 2.28. The Balaban J connectivity index is 3.48. The first-order valence-electron chi connectivity index (χ1n) is 4.62. The highest BCUT2D eigenvalue weighted by Gasteiger charge is 1.82. The monoisotopic (exact) mass is 167 g/mol. The minimum absolute atomic E-state index is 1.04. The molecule has 0 fully saturated rings. The zero-order valence-electron chi connectivity index (χ0n) is 8.80. The van der Waals surface area contributed by atoms with E-state index in [1.807, 2.05) is 0 Å². The molecule has 1 nitrogen and oxygen atoms in total. The van der Waals surface area contributed by atoms with Crippen molar-refractivity contribution < 1.29 is 0 Å². The molecule has 0 rings (SSSR count). The lowest BCUT2D eigenvalue weighted by molar-refractivity contribution is 0.456. The first kappa shape index (κ1) is 11.4. The first-order valence-corrected chi connectivity index (χ1v) is 4.62. The predicted octanol–water partition coefficient (Wildman–Crippen LogP) is 2.85. The van der Waals surface area contributed by atoms with Crippen molar-refractivity contribution in [3.05, 3.63) is 23.8 Å². The summed E-state index contributed by atoms with van der Waals surface area (Å²) in [5.41, 5.74) is 1.48. The van der Waals surface area contributed by atoms with Gasteiger partial charge >= 0.3 is 0 Å². The van der Waals surface area contributed by atoms with Crippen molar-refractivity contribution in [2.45, 2.75) is 26.7 Å². The molecule has 0 atom stereocenters. The van der Waals surface area contributed by atoms with E-state index in [4.69, 9.17) is 0 Å². The van der Waals surface area contributed by atoms with Crippen LogP contribution in [0.5, 0.6) is 0 Å². The van der Waals surface area contributed by atoms with Gasteiger partial charge in [0.15, 0.2) is 0 Å². The van der Waals surface area contributed by atoms with Crippen molar-refractivity contribution in [2.24, 2.45) is 0 Å². The highest BCUT2D eigenvalue weighted by atomic mass is 15.0. The molecule has 0 heterocycles. The standard InChI is InChI=1S/C11H21N/c1-5-11(2)9-7-6-8-10-12(3)4/h6,8-9H,5,7,10H2,1-4H3/b8-6?,11-9+. The van der Waals surface area contributed by atoms with Crippen LogP contribution in [0.15, 0.2) is 23.8 Å². The van der Waals surface area contributed by atoms with Crippen LogP contribution >= 0.6 is 0 Å². The van der Waals surface area contributed by atoms with E-state index < -0.39 is 0 Å². The Kier molecular flexibility index (Phi) is 6.78. The van der Waals surface area contributed by atoms with E-state index in [1.54, 1.807) is 0 Å². The van der Waals surface area contributed by atoms with Gasteiger partial charge in [-0.25, -0.2) is 0 Å². The molecule has 0 aliphatic rings. The maximum atomic E-state index is 2.28. The summed E-state index contributed by atoms with van der Waals surface area (Å²) in [7, 11) is 4.16. The van der Waals surface area contributed by atoms with Gasteiger partial charge in [-0.1, -0.05) is 30.7 Å². The topological polar surface area (TPSA) is 3.24 Å². The minimum Gasteiger partial charge on any atom is -0.306 e. The van der Waals surface area contributed by atoms with Gasteiger partial charge in [0.1, 0.15) is 0 Å². The van der Waals surface area contributed by atoms with Gasteiger partial charge in [-0.3, -0.25) is 0 Å². The molecule has 0 N–H and O–H groups in total. The molecule has 0 aromatic heterocycles. The van der Waals surface area contributed by atoms with Gasteiger partial charge in [0.2, 0.25) is 0 Å². The summed E-state index contributed by atoms with van der Waals surface area (Å²) >= 11 is 0. The third-order valence-corrected chi connectivity index (χ3v) is 1.80. The van der Waals surface area contributed by atoms with Crippen LogP contribution in [0, 0.1) is 0 Å². The molecule has 0 amide bonds. The highest BCUT2D eigenvalue weighted by molar-refractivity contribution is 5.01. The second kappa shape index (κ2) is 7.11. The number of rotatable bonds is 5. The smallest absolute Gasteiger partial charge is 0.0157 e. The van der Waals surface area contributed by atoms with Gasteiger partial charge in [-0.2, -0.15) is 0 Å². The molecular formula is C11H21N. The van der Waals surface area contributed by atoms with E-state index in [0.29, 0.717) is 0 Å². The molecule has 0 aromatic rings. The van der Waals surface area contributed by atoms with Gasteiger partial charge in [-0.05, 0) is 33.9 Å². The Morgan fingerprint density at radius 2 is 1.92 bits per heavy atom. The SMILES string of the molecule is CC/C(C)=C/CC=CCN(C)C. The van der Waals surface area contributed by atoms with Gasteiger partial charge in [0.25, 0.3) is 0 Å². The van der Waals surface area contributed by atoms with Crippen molar-refractivity contribution in [3.8, 4) is 0 Å². The third kappa shape index (κ3) is 7.55. The summed E-state index contributed by atoms with van der Waals surface area (Å²) in [4.78, 5) is 2.16. The summed E-state index contributed by atoms with van der Waals surface area (Å²) in [6, 6.07) is 0. The molecule has 0 spiro atoms. The van der Waals surface area contributed by atoms with Gasteiger partial charge in [0, 0.05) is 6.54 Å². The van der Waals surface area contributed by atoms with Crippen molar-refractivity contribution in [3.63, 3.8) is 0 Å². The molecule has 0 bridgehead atoms. The molecule has 0 saturated carbocycles. The largest absolute Gasteiger partial charge is 0.306 e. The first-order chi connectivity index (χ1) is 5.66. The Bertz CT molecular complexity index is 154. The van der Waals surface area contributed by atoms with Gasteiger partial charge < -0.3 is 4.90 Å². The van der Waals surface area contributed by atoms with E-state index in [-0.39, 0.29) is 0 Å². The fraction of sp³-hybridized carbons (Fsp3) is 0.636. The Hall–Kier alpha value is -0.560. The Morgan fingerprint density at radius 1 is 1.25 bits per heavy atom. The van der Waals surface area contributed by atoms with Crippen LogP contribution in [0.3, 0.4) is 0 Å². The molecule has 0 aliphatic carbocycles. The average molecular weight is 167 g/mol. The second-order valence-electron chi connectivity index (χ2n) is 3.37. The lowest BCUT2D eigenvalue weighted by Gasteiger charge is -2.02. The normalized spacial score (nSPS) is 13.2. The minimum atomic E-state index is 1.04. The van der Waals surface area contributed by atoms with E-state index in [0.717, 1.165) is 13.0 Å². The second-order valence-corrected chi connectivity index (χ2v) is 3.37. The van der Waals surface area contributed by atoms with Gasteiger partial charge in [0.05, 0.1) is 0 Å². The summed E-state index contributed by atoms with van der Waals surface area (Å²) in [6.45, 7) is 5.41. The number of hydrogen-bond acceptors (Lipinski definition) is 1. The van der Waals surface area contributed by atoms with Crippen LogP contribution in [0.1, 0.15) is 26.7 Å². The molecule has 0 aliphatic heterocycles. The fourth-order valence-electron chi connectivity index (χ4n) is 0.795. The fourth-order valence-corrected chi connectivity index (χ4v) is 0.795. The third-order valence-electron chi connectivity index (χ3n) is 1.80. The van der Waals surface area contributed by atoms with E-state index >= 15 is 0 Å². The van der Waals surface area contributed by atoms with E-state index in [2.05, 4.69) is 51.1 Å². The number of hydrogen-bond donors (Lipinski definition) is 0. The van der Waals surface area contributed by atoms with E-state index in [9.17, 15) is 0 Å². The quantitative estimate of drug-likeness (QED) is 0.569. The summed E-state index contributed by atoms with van der Waals surface area (Å²) in [5.74, 6) is 0. The van der Waals surface area contributed by atoms with Crippen LogP contribution in [0.2, 0.25) is 0 Å². The lowest BCUT2D eigenvalue weighted by atomic mass is 10.2. The highest BCUT2D eigenvalue weighted by Crippen LogP contribution is 2.00. The molecule has 0 saturated heterocycles. The zero-order valence-corrected chi connectivity index (χ0v) is 8.80. The molecule has 1 heteroatoms. The summed E-state index contributed by atoms with van der Waals surface area (Å²) in [6.07, 6.45) is 8.96. The van der Waals surface area contributed by atoms with Crippen LogP contribution in [0.4, 0.5) is 0 Å². The number of allylic oxidation sites excluding steroid dienone is 3. The van der Waals surface area contributed by atoms with Crippen molar-refractivity contribution in [1.82, 2.24) is 4.90 Å². The number of nitrogens with zero attached hydrogens (tertiary/aromatic N) is 1. The van der Waals surface area contributed by atoms with Crippen molar-refractivity contribution in [1.29, 1.82) is 0 Å². The predicted molar refractivity (Wildman–Crippen MR) is 56.4 cm³/mol. The zero-order chi connectivity index (χ0) is 9.40.